The van der Waals surface area contributed by atoms with E-state index in [1.165, 1.54) is 0 Å². The summed E-state index contributed by atoms with van der Waals surface area (Å²) in [5.41, 5.74) is 2.02. The van der Waals surface area contributed by atoms with Crippen molar-refractivity contribution < 1.29 is 4.74 Å². The summed E-state index contributed by atoms with van der Waals surface area (Å²) < 4.78 is 5.74. The Balaban J connectivity index is 1.65. The van der Waals surface area contributed by atoms with Crippen LogP contribution in [0.25, 0.3) is 0 Å². The van der Waals surface area contributed by atoms with Crippen molar-refractivity contribution in [2.45, 2.75) is 12.6 Å². The minimum atomic E-state index is 0.00960. The van der Waals surface area contributed by atoms with Crippen LogP contribution >= 0.6 is 0 Å². The van der Waals surface area contributed by atoms with Crippen molar-refractivity contribution in [1.82, 2.24) is 24.8 Å². The number of morpholine rings is 1. The van der Waals surface area contributed by atoms with Crippen molar-refractivity contribution >= 4 is 0 Å². The molecule has 2 aromatic heterocycles. The zero-order valence-electron chi connectivity index (χ0n) is 9.99. The smallest absolute Gasteiger partial charge is 0.114 e. The summed E-state index contributed by atoms with van der Waals surface area (Å²) in [5.74, 6) is 0. The summed E-state index contributed by atoms with van der Waals surface area (Å²) in [7, 11) is 0. The minimum absolute atomic E-state index is 0.00960. The quantitative estimate of drug-likeness (QED) is 0.865. The van der Waals surface area contributed by atoms with Gasteiger partial charge in [-0.2, -0.15) is 0 Å². The maximum Gasteiger partial charge on any atom is 0.114 e. The summed E-state index contributed by atoms with van der Waals surface area (Å²) >= 11 is 0. The molecule has 18 heavy (non-hydrogen) atoms. The van der Waals surface area contributed by atoms with Gasteiger partial charge in [-0.05, 0) is 0 Å². The van der Waals surface area contributed by atoms with Gasteiger partial charge in [0.2, 0.25) is 0 Å². The topological polar surface area (TPSA) is 66.9 Å². The number of imidazole rings is 1. The number of H-pyrrole nitrogens is 1. The summed E-state index contributed by atoms with van der Waals surface area (Å²) in [6, 6.07) is 0. The molecule has 0 radical (unpaired) electrons. The van der Waals surface area contributed by atoms with E-state index >= 15 is 0 Å². The van der Waals surface area contributed by atoms with E-state index in [9.17, 15) is 0 Å². The molecule has 0 spiro atoms. The molecule has 1 aliphatic heterocycles. The molecule has 1 saturated heterocycles. The van der Waals surface area contributed by atoms with Crippen molar-refractivity contribution in [3.8, 4) is 0 Å². The molecule has 94 valence electrons. The molecule has 0 amide bonds. The molecule has 6 heteroatoms. The van der Waals surface area contributed by atoms with Gasteiger partial charge in [-0.3, -0.25) is 14.9 Å². The molecule has 1 N–H and O–H groups in total. The predicted molar refractivity (Wildman–Crippen MR) is 64.6 cm³/mol. The van der Waals surface area contributed by atoms with E-state index in [0.29, 0.717) is 0 Å². The lowest BCUT2D eigenvalue weighted by atomic mass is 10.2. The van der Waals surface area contributed by atoms with Gasteiger partial charge in [0, 0.05) is 43.9 Å². The van der Waals surface area contributed by atoms with Crippen LogP contribution in [-0.4, -0.2) is 44.5 Å². The van der Waals surface area contributed by atoms with E-state index < -0.39 is 0 Å². The monoisotopic (exact) mass is 245 g/mol. The molecule has 2 aromatic rings. The minimum Gasteiger partial charge on any atom is -0.369 e. The van der Waals surface area contributed by atoms with Crippen LogP contribution in [0.15, 0.2) is 31.1 Å². The highest BCUT2D eigenvalue weighted by atomic mass is 16.5. The Kier molecular flexibility index (Phi) is 3.29. The fourth-order valence-corrected chi connectivity index (χ4v) is 2.11. The SMILES string of the molecule is c1cnc(C2CN(Cc3cnc[nH]3)CCO2)cn1. The van der Waals surface area contributed by atoms with Crippen LogP contribution in [-0.2, 0) is 11.3 Å². The van der Waals surface area contributed by atoms with E-state index in [2.05, 4.69) is 24.8 Å². The Bertz CT molecular complexity index is 472. The van der Waals surface area contributed by atoms with Crippen LogP contribution < -0.4 is 0 Å². The molecule has 1 fully saturated rings. The first-order valence-corrected chi connectivity index (χ1v) is 5.99. The van der Waals surface area contributed by atoms with Gasteiger partial charge >= 0.3 is 0 Å². The molecule has 0 saturated carbocycles. The van der Waals surface area contributed by atoms with Crippen LogP contribution in [0.3, 0.4) is 0 Å². The highest BCUT2D eigenvalue weighted by Gasteiger charge is 2.23. The van der Waals surface area contributed by atoms with Crippen LogP contribution in [0.1, 0.15) is 17.5 Å². The molecule has 1 atom stereocenters. The Labute approximate surface area is 105 Å². The number of hydrogen-bond acceptors (Lipinski definition) is 5. The normalized spacial score (nSPS) is 21.0. The first-order chi connectivity index (χ1) is 8.92. The molecule has 3 rings (SSSR count). The van der Waals surface area contributed by atoms with Crippen molar-refractivity contribution in [1.29, 1.82) is 0 Å². The van der Waals surface area contributed by atoms with Crippen molar-refractivity contribution in [3.63, 3.8) is 0 Å². The highest BCUT2D eigenvalue weighted by Crippen LogP contribution is 2.20. The predicted octanol–water partition coefficient (Wildman–Crippen LogP) is 0.773. The molecular formula is C12H15N5O. The lowest BCUT2D eigenvalue weighted by Gasteiger charge is -2.32. The third-order valence-corrected chi connectivity index (χ3v) is 3.01. The summed E-state index contributed by atoms with van der Waals surface area (Å²) in [6.07, 6.45) is 8.71. The second-order valence-corrected chi connectivity index (χ2v) is 4.30. The second kappa shape index (κ2) is 5.24. The number of ether oxygens (including phenoxy) is 1. The molecular weight excluding hydrogens is 230 g/mol. The number of aromatic amines is 1. The Morgan fingerprint density at radius 2 is 2.33 bits per heavy atom. The third kappa shape index (κ3) is 2.55. The van der Waals surface area contributed by atoms with Crippen LogP contribution in [0.2, 0.25) is 0 Å². The van der Waals surface area contributed by atoms with E-state index in [1.807, 2.05) is 6.20 Å². The van der Waals surface area contributed by atoms with E-state index in [4.69, 9.17) is 4.74 Å². The lowest BCUT2D eigenvalue weighted by Crippen LogP contribution is -2.38. The maximum absolute atomic E-state index is 5.74. The number of rotatable bonds is 3. The summed E-state index contributed by atoms with van der Waals surface area (Å²) in [5, 5.41) is 0. The van der Waals surface area contributed by atoms with Gasteiger partial charge in [0.25, 0.3) is 0 Å². The van der Waals surface area contributed by atoms with Gasteiger partial charge < -0.3 is 9.72 Å². The van der Waals surface area contributed by atoms with Crippen LogP contribution in [0.4, 0.5) is 0 Å². The second-order valence-electron chi connectivity index (χ2n) is 4.30. The van der Waals surface area contributed by atoms with Crippen molar-refractivity contribution in [2.75, 3.05) is 19.7 Å². The summed E-state index contributed by atoms with van der Waals surface area (Å²) in [6.45, 7) is 3.34. The van der Waals surface area contributed by atoms with Crippen molar-refractivity contribution in [3.05, 3.63) is 42.5 Å². The zero-order chi connectivity index (χ0) is 12.2. The lowest BCUT2D eigenvalue weighted by molar-refractivity contribution is -0.0354. The van der Waals surface area contributed by atoms with Gasteiger partial charge in [-0.15, -0.1) is 0 Å². The van der Waals surface area contributed by atoms with Gasteiger partial charge in [-0.25, -0.2) is 4.98 Å². The fourth-order valence-electron chi connectivity index (χ4n) is 2.11. The summed E-state index contributed by atoms with van der Waals surface area (Å²) in [4.78, 5) is 17.9. The van der Waals surface area contributed by atoms with Crippen molar-refractivity contribution in [2.24, 2.45) is 0 Å². The van der Waals surface area contributed by atoms with Gasteiger partial charge in [0.1, 0.15) is 6.10 Å². The van der Waals surface area contributed by atoms with E-state index in [-0.39, 0.29) is 6.10 Å². The number of hydrogen-bond donors (Lipinski definition) is 1. The maximum atomic E-state index is 5.74. The third-order valence-electron chi connectivity index (χ3n) is 3.01. The largest absolute Gasteiger partial charge is 0.369 e. The first-order valence-electron chi connectivity index (χ1n) is 5.99. The molecule has 0 aliphatic carbocycles. The van der Waals surface area contributed by atoms with Gasteiger partial charge in [0.05, 0.1) is 24.8 Å². The Morgan fingerprint density at radius 1 is 1.33 bits per heavy atom. The molecule has 3 heterocycles. The van der Waals surface area contributed by atoms with Crippen LogP contribution in [0, 0.1) is 0 Å². The first kappa shape index (κ1) is 11.3. The average Bonchev–Trinajstić information content (AvgIpc) is 2.93. The Hall–Kier alpha value is -1.79. The van der Waals surface area contributed by atoms with Gasteiger partial charge in [0.15, 0.2) is 0 Å². The average molecular weight is 245 g/mol. The molecule has 1 aliphatic rings. The van der Waals surface area contributed by atoms with E-state index in [0.717, 1.165) is 37.6 Å². The molecule has 6 nitrogen and oxygen atoms in total. The Morgan fingerprint density at radius 3 is 3.11 bits per heavy atom. The molecule has 1 unspecified atom stereocenters. The number of aromatic nitrogens is 4. The highest BCUT2D eigenvalue weighted by molar-refractivity contribution is 5.02. The molecule has 0 aromatic carbocycles. The van der Waals surface area contributed by atoms with E-state index in [1.54, 1.807) is 24.9 Å². The van der Waals surface area contributed by atoms with Crippen LogP contribution in [0.5, 0.6) is 0 Å². The fraction of sp³-hybridized carbons (Fsp3) is 0.417. The van der Waals surface area contributed by atoms with Gasteiger partial charge in [-0.1, -0.05) is 0 Å². The standard InChI is InChI=1S/C12H15N5O/c1-2-15-11(6-13-1)12-8-17(3-4-18-12)7-10-5-14-9-16-10/h1-2,5-6,9,12H,3-4,7-8H2,(H,14,16). The number of nitrogens with one attached hydrogen (secondary N) is 1. The number of nitrogens with zero attached hydrogens (tertiary/aromatic N) is 4. The molecule has 0 bridgehead atoms. The zero-order valence-corrected chi connectivity index (χ0v) is 9.99.